The number of hydrogen-bond donors (Lipinski definition) is 1. The summed E-state index contributed by atoms with van der Waals surface area (Å²) in [7, 11) is 1.69. The fourth-order valence-corrected chi connectivity index (χ4v) is 2.64. The average Bonchev–Trinajstić information content (AvgIpc) is 2.29. The van der Waals surface area contributed by atoms with Crippen LogP contribution in [0, 0.1) is 21.8 Å². The van der Waals surface area contributed by atoms with Crippen molar-refractivity contribution in [3.8, 4) is 0 Å². The maximum Gasteiger partial charge on any atom is 0.293 e. The van der Waals surface area contributed by atoms with E-state index in [-0.39, 0.29) is 22.0 Å². The second-order valence-electron chi connectivity index (χ2n) is 4.88. The molecular formula is C12H14BrFN2O3. The van der Waals surface area contributed by atoms with Crippen molar-refractivity contribution in [1.82, 2.24) is 0 Å². The highest BCUT2D eigenvalue weighted by atomic mass is 79.9. The SMILES string of the molecule is CN(CC1CC(O)C1)c1cc(F)c(Br)cc1[N+](=O)[O-]. The van der Waals surface area contributed by atoms with Gasteiger partial charge in [0, 0.05) is 25.7 Å². The van der Waals surface area contributed by atoms with Crippen molar-refractivity contribution < 1.29 is 14.4 Å². The largest absolute Gasteiger partial charge is 0.393 e. The van der Waals surface area contributed by atoms with E-state index in [1.165, 1.54) is 6.07 Å². The van der Waals surface area contributed by atoms with Crippen LogP contribution in [0.4, 0.5) is 15.8 Å². The number of rotatable bonds is 4. The summed E-state index contributed by atoms with van der Waals surface area (Å²) in [5, 5.41) is 20.2. The number of nitrogens with zero attached hydrogens (tertiary/aromatic N) is 2. The highest BCUT2D eigenvalue weighted by molar-refractivity contribution is 9.10. The lowest BCUT2D eigenvalue weighted by Gasteiger charge is -2.35. The molecule has 0 aromatic heterocycles. The van der Waals surface area contributed by atoms with E-state index < -0.39 is 10.7 Å². The zero-order chi connectivity index (χ0) is 14.2. The van der Waals surface area contributed by atoms with Gasteiger partial charge in [-0.15, -0.1) is 0 Å². The number of aliphatic hydroxyl groups excluding tert-OH is 1. The van der Waals surface area contributed by atoms with Gasteiger partial charge in [0.05, 0.1) is 15.5 Å². The van der Waals surface area contributed by atoms with E-state index in [1.54, 1.807) is 11.9 Å². The van der Waals surface area contributed by atoms with Crippen molar-refractivity contribution in [3.63, 3.8) is 0 Å². The standard InChI is InChI=1S/C12H14BrFN2O3/c1-15(6-7-2-8(17)3-7)11-5-10(14)9(13)4-12(11)16(18)19/h4-5,7-8,17H,2-3,6H2,1H3. The van der Waals surface area contributed by atoms with Crippen molar-refractivity contribution in [2.45, 2.75) is 18.9 Å². The topological polar surface area (TPSA) is 66.6 Å². The summed E-state index contributed by atoms with van der Waals surface area (Å²) in [6, 6.07) is 2.34. The molecule has 1 aromatic carbocycles. The van der Waals surface area contributed by atoms with Crippen LogP contribution in [-0.2, 0) is 0 Å². The van der Waals surface area contributed by atoms with Crippen molar-refractivity contribution in [3.05, 3.63) is 32.5 Å². The van der Waals surface area contributed by atoms with E-state index >= 15 is 0 Å². The molecule has 1 aliphatic carbocycles. The number of aliphatic hydroxyl groups is 1. The van der Waals surface area contributed by atoms with Gasteiger partial charge in [-0.25, -0.2) is 4.39 Å². The Hall–Kier alpha value is -1.21. The quantitative estimate of drug-likeness (QED) is 0.680. The van der Waals surface area contributed by atoms with E-state index in [1.807, 2.05) is 0 Å². The predicted molar refractivity (Wildman–Crippen MR) is 72.8 cm³/mol. The summed E-state index contributed by atoms with van der Waals surface area (Å²) in [6.45, 7) is 0.568. The molecule has 0 radical (unpaired) electrons. The molecular weight excluding hydrogens is 319 g/mol. The third kappa shape index (κ3) is 3.03. The lowest BCUT2D eigenvalue weighted by molar-refractivity contribution is -0.384. The van der Waals surface area contributed by atoms with Crippen LogP contribution in [-0.4, -0.2) is 29.7 Å². The molecule has 0 spiro atoms. The summed E-state index contributed by atoms with van der Waals surface area (Å²) >= 11 is 2.95. The van der Waals surface area contributed by atoms with Crippen LogP contribution in [0.2, 0.25) is 0 Å². The number of halogens is 2. The third-order valence-corrected chi connectivity index (χ3v) is 3.98. The Labute approximate surface area is 118 Å². The Morgan fingerprint density at radius 1 is 1.58 bits per heavy atom. The van der Waals surface area contributed by atoms with Crippen molar-refractivity contribution in [1.29, 1.82) is 0 Å². The second-order valence-corrected chi connectivity index (χ2v) is 5.74. The van der Waals surface area contributed by atoms with Crippen LogP contribution < -0.4 is 4.90 Å². The minimum Gasteiger partial charge on any atom is -0.393 e. The first-order valence-electron chi connectivity index (χ1n) is 5.91. The molecule has 1 fully saturated rings. The molecule has 0 unspecified atom stereocenters. The minimum atomic E-state index is -0.527. The smallest absolute Gasteiger partial charge is 0.293 e. The minimum absolute atomic E-state index is 0.0791. The molecule has 0 atom stereocenters. The summed E-state index contributed by atoms with van der Waals surface area (Å²) in [6.07, 6.45) is 1.11. The van der Waals surface area contributed by atoms with Gasteiger partial charge < -0.3 is 10.0 Å². The Morgan fingerprint density at radius 3 is 2.74 bits per heavy atom. The zero-order valence-corrected chi connectivity index (χ0v) is 11.9. The Balaban J connectivity index is 2.22. The van der Waals surface area contributed by atoms with Gasteiger partial charge in [-0.1, -0.05) is 0 Å². The van der Waals surface area contributed by atoms with Crippen LogP contribution in [0.25, 0.3) is 0 Å². The van der Waals surface area contributed by atoms with E-state index in [4.69, 9.17) is 0 Å². The van der Waals surface area contributed by atoms with Gasteiger partial charge in [0.25, 0.3) is 5.69 Å². The molecule has 19 heavy (non-hydrogen) atoms. The van der Waals surface area contributed by atoms with Gasteiger partial charge >= 0.3 is 0 Å². The fraction of sp³-hybridized carbons (Fsp3) is 0.500. The summed E-state index contributed by atoms with van der Waals surface area (Å²) in [4.78, 5) is 12.2. The van der Waals surface area contributed by atoms with Crippen LogP contribution in [0.15, 0.2) is 16.6 Å². The van der Waals surface area contributed by atoms with Gasteiger partial charge in [0.15, 0.2) is 0 Å². The lowest BCUT2D eigenvalue weighted by Crippen LogP contribution is -2.37. The number of benzene rings is 1. The monoisotopic (exact) mass is 332 g/mol. The van der Waals surface area contributed by atoms with Crippen LogP contribution in [0.1, 0.15) is 12.8 Å². The molecule has 0 bridgehead atoms. The zero-order valence-electron chi connectivity index (χ0n) is 10.3. The molecule has 2 rings (SSSR count). The summed E-state index contributed by atoms with van der Waals surface area (Å²) in [5.41, 5.74) is 0.128. The van der Waals surface area contributed by atoms with Crippen LogP contribution in [0.3, 0.4) is 0 Å². The molecule has 0 saturated heterocycles. The summed E-state index contributed by atoms with van der Waals surface area (Å²) in [5.74, 6) is -0.229. The number of nitro groups is 1. The van der Waals surface area contributed by atoms with Crippen LogP contribution in [0.5, 0.6) is 0 Å². The highest BCUT2D eigenvalue weighted by Gasteiger charge is 2.30. The lowest BCUT2D eigenvalue weighted by atomic mass is 9.82. The molecule has 1 aliphatic rings. The van der Waals surface area contributed by atoms with E-state index in [0.717, 1.165) is 6.07 Å². The molecule has 1 aromatic rings. The molecule has 0 aliphatic heterocycles. The van der Waals surface area contributed by atoms with Gasteiger partial charge in [-0.05, 0) is 34.7 Å². The molecule has 0 heterocycles. The Bertz CT molecular complexity index is 506. The van der Waals surface area contributed by atoms with Crippen LogP contribution >= 0.6 is 15.9 Å². The predicted octanol–water partition coefficient (Wildman–Crippen LogP) is 2.70. The van der Waals surface area contributed by atoms with Gasteiger partial charge in [0.2, 0.25) is 0 Å². The summed E-state index contributed by atoms with van der Waals surface area (Å²) < 4.78 is 13.6. The van der Waals surface area contributed by atoms with Crippen molar-refractivity contribution in [2.24, 2.45) is 5.92 Å². The Morgan fingerprint density at radius 2 is 2.21 bits per heavy atom. The van der Waals surface area contributed by atoms with E-state index in [0.29, 0.717) is 25.3 Å². The molecule has 1 saturated carbocycles. The van der Waals surface area contributed by atoms with E-state index in [2.05, 4.69) is 15.9 Å². The van der Waals surface area contributed by atoms with E-state index in [9.17, 15) is 19.6 Å². The van der Waals surface area contributed by atoms with Gasteiger partial charge in [-0.2, -0.15) is 0 Å². The molecule has 7 heteroatoms. The first-order chi connectivity index (χ1) is 8.88. The van der Waals surface area contributed by atoms with Gasteiger partial charge in [0.1, 0.15) is 11.5 Å². The number of hydrogen-bond acceptors (Lipinski definition) is 4. The maximum absolute atomic E-state index is 13.5. The highest BCUT2D eigenvalue weighted by Crippen LogP contribution is 2.35. The number of anilines is 1. The normalized spacial score (nSPS) is 21.9. The van der Waals surface area contributed by atoms with Crippen molar-refractivity contribution in [2.75, 3.05) is 18.5 Å². The second kappa shape index (κ2) is 5.42. The number of nitro benzene ring substituents is 1. The van der Waals surface area contributed by atoms with Crippen molar-refractivity contribution >= 4 is 27.3 Å². The molecule has 104 valence electrons. The molecule has 0 amide bonds. The molecule has 5 nitrogen and oxygen atoms in total. The maximum atomic E-state index is 13.5. The molecule has 1 N–H and O–H groups in total. The first-order valence-corrected chi connectivity index (χ1v) is 6.70. The first kappa shape index (κ1) is 14.2. The fourth-order valence-electron chi connectivity index (χ4n) is 2.31. The third-order valence-electron chi connectivity index (χ3n) is 3.37. The van der Waals surface area contributed by atoms with Gasteiger partial charge in [-0.3, -0.25) is 10.1 Å². The average molecular weight is 333 g/mol. The Kier molecular flexibility index (Phi) is 4.05.